The monoisotopic (exact) mass is 215 g/mol. The summed E-state index contributed by atoms with van der Waals surface area (Å²) in [5, 5.41) is 2.95. The van der Waals surface area contributed by atoms with Gasteiger partial charge in [0, 0.05) is 12.6 Å². The van der Waals surface area contributed by atoms with Gasteiger partial charge >= 0.3 is 0 Å². The standard InChI is InChI=1S/C11H25N3O/c1-6-11(12,7-2)10(15)13-9(3)8-14(4)5/h9H,6-8,12H2,1-5H3,(H,13,15). The summed E-state index contributed by atoms with van der Waals surface area (Å²) in [5.74, 6) is -0.0400. The highest BCUT2D eigenvalue weighted by atomic mass is 16.2. The minimum Gasteiger partial charge on any atom is -0.351 e. The van der Waals surface area contributed by atoms with Gasteiger partial charge in [-0.1, -0.05) is 13.8 Å². The van der Waals surface area contributed by atoms with Crippen molar-refractivity contribution in [1.82, 2.24) is 10.2 Å². The highest BCUT2D eigenvalue weighted by molar-refractivity contribution is 5.86. The molecule has 1 amide bonds. The number of carbonyl (C=O) groups is 1. The van der Waals surface area contributed by atoms with Crippen molar-refractivity contribution in [3.05, 3.63) is 0 Å². The lowest BCUT2D eigenvalue weighted by Crippen LogP contribution is -2.56. The molecule has 1 atom stereocenters. The number of carbonyl (C=O) groups excluding carboxylic acids is 1. The van der Waals surface area contributed by atoms with Gasteiger partial charge in [-0.2, -0.15) is 0 Å². The third-order valence-corrected chi connectivity index (χ3v) is 2.73. The van der Waals surface area contributed by atoms with E-state index in [2.05, 4.69) is 5.32 Å². The zero-order valence-electron chi connectivity index (χ0n) is 10.6. The van der Waals surface area contributed by atoms with Gasteiger partial charge in [-0.25, -0.2) is 0 Å². The summed E-state index contributed by atoms with van der Waals surface area (Å²) in [5.41, 5.74) is 5.29. The lowest BCUT2D eigenvalue weighted by molar-refractivity contribution is -0.127. The SMILES string of the molecule is CCC(N)(CC)C(=O)NC(C)CN(C)C. The summed E-state index contributed by atoms with van der Waals surface area (Å²) in [4.78, 5) is 13.9. The van der Waals surface area contributed by atoms with Crippen LogP contribution in [-0.4, -0.2) is 43.0 Å². The van der Waals surface area contributed by atoms with E-state index in [-0.39, 0.29) is 11.9 Å². The van der Waals surface area contributed by atoms with Crippen LogP contribution in [-0.2, 0) is 4.79 Å². The average Bonchev–Trinajstić information content (AvgIpc) is 2.15. The molecule has 0 saturated heterocycles. The molecule has 90 valence electrons. The largest absolute Gasteiger partial charge is 0.351 e. The molecule has 3 N–H and O–H groups in total. The van der Waals surface area contributed by atoms with E-state index in [1.807, 2.05) is 39.8 Å². The molecule has 0 aliphatic carbocycles. The molecule has 1 unspecified atom stereocenters. The number of hydrogen-bond acceptors (Lipinski definition) is 3. The number of nitrogens with zero attached hydrogens (tertiary/aromatic N) is 1. The van der Waals surface area contributed by atoms with Crippen molar-refractivity contribution >= 4 is 5.91 Å². The first-order chi connectivity index (χ1) is 6.85. The summed E-state index contributed by atoms with van der Waals surface area (Å²) in [6.45, 7) is 6.71. The van der Waals surface area contributed by atoms with Crippen molar-refractivity contribution in [2.75, 3.05) is 20.6 Å². The smallest absolute Gasteiger partial charge is 0.240 e. The molecule has 4 heteroatoms. The minimum absolute atomic E-state index is 0.0400. The molecule has 0 radical (unpaired) electrons. The van der Waals surface area contributed by atoms with E-state index < -0.39 is 5.54 Å². The first-order valence-electron chi connectivity index (χ1n) is 5.60. The van der Waals surface area contributed by atoms with E-state index in [0.29, 0.717) is 12.8 Å². The molecule has 0 saturated carbocycles. The molecule has 0 aromatic rings. The molecule has 0 fully saturated rings. The van der Waals surface area contributed by atoms with Gasteiger partial charge in [0.2, 0.25) is 5.91 Å². The lowest BCUT2D eigenvalue weighted by atomic mass is 9.93. The van der Waals surface area contributed by atoms with Crippen LogP contribution in [0.15, 0.2) is 0 Å². The Morgan fingerprint density at radius 1 is 1.40 bits per heavy atom. The van der Waals surface area contributed by atoms with Gasteiger partial charge in [0.1, 0.15) is 0 Å². The first-order valence-corrected chi connectivity index (χ1v) is 5.60. The normalized spacial score (nSPS) is 14.1. The fraction of sp³-hybridized carbons (Fsp3) is 0.909. The molecule has 15 heavy (non-hydrogen) atoms. The molecule has 0 aliphatic heterocycles. The molecule has 0 aromatic carbocycles. The molecule has 0 heterocycles. The van der Waals surface area contributed by atoms with Crippen molar-refractivity contribution in [3.63, 3.8) is 0 Å². The van der Waals surface area contributed by atoms with E-state index in [1.54, 1.807) is 0 Å². The Balaban J connectivity index is 4.23. The molecular formula is C11H25N3O. The third kappa shape index (κ3) is 4.62. The van der Waals surface area contributed by atoms with Gasteiger partial charge in [-0.15, -0.1) is 0 Å². The van der Waals surface area contributed by atoms with Crippen molar-refractivity contribution in [3.8, 4) is 0 Å². The quantitative estimate of drug-likeness (QED) is 0.681. The van der Waals surface area contributed by atoms with Crippen molar-refractivity contribution in [2.24, 2.45) is 5.73 Å². The molecule has 0 bridgehead atoms. The number of rotatable bonds is 6. The fourth-order valence-electron chi connectivity index (χ4n) is 1.53. The Morgan fingerprint density at radius 3 is 2.20 bits per heavy atom. The Bertz CT molecular complexity index is 200. The van der Waals surface area contributed by atoms with E-state index >= 15 is 0 Å². The summed E-state index contributed by atoms with van der Waals surface area (Å²) in [6.07, 6.45) is 1.34. The third-order valence-electron chi connectivity index (χ3n) is 2.73. The van der Waals surface area contributed by atoms with Crippen LogP contribution in [0.25, 0.3) is 0 Å². The second-order valence-corrected chi connectivity index (χ2v) is 4.50. The highest BCUT2D eigenvalue weighted by Crippen LogP contribution is 2.11. The van der Waals surface area contributed by atoms with E-state index in [0.717, 1.165) is 6.54 Å². The van der Waals surface area contributed by atoms with E-state index in [9.17, 15) is 4.79 Å². The summed E-state index contributed by atoms with van der Waals surface area (Å²) >= 11 is 0. The predicted molar refractivity (Wildman–Crippen MR) is 63.7 cm³/mol. The second-order valence-electron chi connectivity index (χ2n) is 4.50. The van der Waals surface area contributed by atoms with Crippen LogP contribution in [0.5, 0.6) is 0 Å². The maximum atomic E-state index is 11.9. The Kier molecular flexibility index (Phi) is 5.83. The van der Waals surface area contributed by atoms with Gasteiger partial charge in [-0.05, 0) is 33.9 Å². The van der Waals surface area contributed by atoms with Crippen LogP contribution in [0.3, 0.4) is 0 Å². The van der Waals surface area contributed by atoms with Crippen molar-refractivity contribution in [1.29, 1.82) is 0 Å². The van der Waals surface area contributed by atoms with Gasteiger partial charge in [0.25, 0.3) is 0 Å². The van der Waals surface area contributed by atoms with Crippen molar-refractivity contribution in [2.45, 2.75) is 45.2 Å². The lowest BCUT2D eigenvalue weighted by Gasteiger charge is -2.28. The average molecular weight is 215 g/mol. The predicted octanol–water partition coefficient (Wildman–Crippen LogP) is 0.570. The summed E-state index contributed by atoms with van der Waals surface area (Å²) in [7, 11) is 3.97. The first kappa shape index (κ1) is 14.4. The highest BCUT2D eigenvalue weighted by Gasteiger charge is 2.30. The zero-order chi connectivity index (χ0) is 12.1. The van der Waals surface area contributed by atoms with E-state index in [1.165, 1.54) is 0 Å². The van der Waals surface area contributed by atoms with Gasteiger partial charge in [0.05, 0.1) is 5.54 Å². The van der Waals surface area contributed by atoms with Crippen LogP contribution < -0.4 is 11.1 Å². The van der Waals surface area contributed by atoms with Crippen LogP contribution in [0.4, 0.5) is 0 Å². The molecule has 0 aromatic heterocycles. The Morgan fingerprint density at radius 2 is 1.87 bits per heavy atom. The number of nitrogens with one attached hydrogen (secondary N) is 1. The molecule has 0 aliphatic rings. The molecule has 0 spiro atoms. The maximum absolute atomic E-state index is 11.9. The molecule has 0 rings (SSSR count). The van der Waals surface area contributed by atoms with Crippen LogP contribution in [0, 0.1) is 0 Å². The van der Waals surface area contributed by atoms with Crippen LogP contribution >= 0.6 is 0 Å². The van der Waals surface area contributed by atoms with Crippen molar-refractivity contribution < 1.29 is 4.79 Å². The number of amides is 1. The molecule has 4 nitrogen and oxygen atoms in total. The number of hydrogen-bond donors (Lipinski definition) is 2. The zero-order valence-corrected chi connectivity index (χ0v) is 10.6. The topological polar surface area (TPSA) is 58.4 Å². The fourth-order valence-corrected chi connectivity index (χ4v) is 1.53. The minimum atomic E-state index is -0.708. The maximum Gasteiger partial charge on any atom is 0.240 e. The van der Waals surface area contributed by atoms with Gasteiger partial charge < -0.3 is 16.0 Å². The Labute approximate surface area is 93.2 Å². The van der Waals surface area contributed by atoms with Gasteiger partial charge in [-0.3, -0.25) is 4.79 Å². The van der Waals surface area contributed by atoms with E-state index in [4.69, 9.17) is 5.73 Å². The van der Waals surface area contributed by atoms with Crippen LogP contribution in [0.2, 0.25) is 0 Å². The number of likely N-dealkylation sites (N-methyl/N-ethyl adjacent to an activating group) is 1. The van der Waals surface area contributed by atoms with Crippen LogP contribution in [0.1, 0.15) is 33.6 Å². The van der Waals surface area contributed by atoms with Gasteiger partial charge in [0.15, 0.2) is 0 Å². The number of nitrogens with two attached hydrogens (primary N) is 1. The Hall–Kier alpha value is -0.610. The summed E-state index contributed by atoms with van der Waals surface area (Å²) < 4.78 is 0. The second kappa shape index (κ2) is 6.08. The summed E-state index contributed by atoms with van der Waals surface area (Å²) in [6, 6.07) is 0.133. The molecular weight excluding hydrogens is 190 g/mol.